The van der Waals surface area contributed by atoms with Gasteiger partial charge in [-0.1, -0.05) is 24.6 Å². The largest absolute Gasteiger partial charge is 0.387 e. The van der Waals surface area contributed by atoms with Crippen molar-refractivity contribution < 1.29 is 5.11 Å². The normalized spacial score (nSPS) is 12.2. The summed E-state index contributed by atoms with van der Waals surface area (Å²) in [6, 6.07) is 12.4. The van der Waals surface area contributed by atoms with Gasteiger partial charge in [-0.05, 0) is 44.5 Å². The summed E-state index contributed by atoms with van der Waals surface area (Å²) in [6.45, 7) is 7.03. The highest BCUT2D eigenvalue weighted by Crippen LogP contribution is 2.26. The van der Waals surface area contributed by atoms with Gasteiger partial charge in [-0.25, -0.2) is 0 Å². The van der Waals surface area contributed by atoms with Gasteiger partial charge in [0, 0.05) is 12.2 Å². The summed E-state index contributed by atoms with van der Waals surface area (Å²) in [4.78, 5) is 6.57. The Labute approximate surface area is 120 Å². The lowest BCUT2D eigenvalue weighted by molar-refractivity contribution is 0.169. The number of aryl methyl sites for hydroxylation is 1. The Morgan fingerprint density at radius 2 is 1.70 bits per heavy atom. The maximum atomic E-state index is 9.79. The molecular weight excluding hydrogens is 248 g/mol. The van der Waals surface area contributed by atoms with Gasteiger partial charge in [-0.2, -0.15) is 0 Å². The molecule has 1 aromatic heterocycles. The molecule has 0 bridgehead atoms. The third kappa shape index (κ3) is 3.17. The summed E-state index contributed by atoms with van der Waals surface area (Å²) in [5.74, 6) is 0. The fraction of sp³-hybridized carbons (Fsp3) is 0.353. The van der Waals surface area contributed by atoms with E-state index in [2.05, 4.69) is 48.0 Å². The van der Waals surface area contributed by atoms with Gasteiger partial charge in [0.15, 0.2) is 0 Å². The first kappa shape index (κ1) is 14.5. The molecule has 0 aliphatic heterocycles. The van der Waals surface area contributed by atoms with Crippen LogP contribution in [0.25, 0.3) is 0 Å². The summed E-state index contributed by atoms with van der Waals surface area (Å²) >= 11 is 0. The molecule has 0 aliphatic carbocycles. The predicted molar refractivity (Wildman–Crippen MR) is 83.3 cm³/mol. The highest BCUT2D eigenvalue weighted by molar-refractivity contribution is 5.62. The molecule has 1 atom stereocenters. The van der Waals surface area contributed by atoms with Gasteiger partial charge >= 0.3 is 0 Å². The lowest BCUT2D eigenvalue weighted by Gasteiger charge is -2.23. The minimum Gasteiger partial charge on any atom is -0.387 e. The number of benzene rings is 1. The smallest absolute Gasteiger partial charge is 0.0957 e. The van der Waals surface area contributed by atoms with Crippen molar-refractivity contribution >= 4 is 11.4 Å². The number of hydrogen-bond acceptors (Lipinski definition) is 3. The Morgan fingerprint density at radius 1 is 1.05 bits per heavy atom. The molecule has 0 amide bonds. The van der Waals surface area contributed by atoms with Crippen molar-refractivity contribution in [2.75, 3.05) is 11.4 Å². The van der Waals surface area contributed by atoms with Crippen LogP contribution in [-0.4, -0.2) is 16.6 Å². The number of hydrogen-bond donors (Lipinski definition) is 1. The second-order valence-electron chi connectivity index (χ2n) is 4.95. The number of nitrogens with zero attached hydrogens (tertiary/aromatic N) is 2. The molecule has 1 N–H and O–H groups in total. The zero-order chi connectivity index (χ0) is 14.5. The number of pyridine rings is 1. The maximum absolute atomic E-state index is 9.79. The SMILES string of the molecule is CC[C@@H](O)c1ccc(N(CC)c2ccc(C)cc2)cn1. The number of aromatic nitrogens is 1. The van der Waals surface area contributed by atoms with Crippen LogP contribution in [0.2, 0.25) is 0 Å². The third-order valence-electron chi connectivity index (χ3n) is 3.47. The molecule has 2 aromatic rings. The lowest BCUT2D eigenvalue weighted by atomic mass is 10.1. The monoisotopic (exact) mass is 270 g/mol. The first-order valence-corrected chi connectivity index (χ1v) is 7.14. The second-order valence-corrected chi connectivity index (χ2v) is 4.95. The van der Waals surface area contributed by atoms with Crippen LogP contribution in [-0.2, 0) is 0 Å². The molecule has 20 heavy (non-hydrogen) atoms. The van der Waals surface area contributed by atoms with Crippen LogP contribution in [0.3, 0.4) is 0 Å². The van der Waals surface area contributed by atoms with Crippen molar-refractivity contribution in [1.29, 1.82) is 0 Å². The van der Waals surface area contributed by atoms with Crippen molar-refractivity contribution in [1.82, 2.24) is 4.98 Å². The van der Waals surface area contributed by atoms with Crippen molar-refractivity contribution in [2.45, 2.75) is 33.3 Å². The highest BCUT2D eigenvalue weighted by Gasteiger charge is 2.10. The van der Waals surface area contributed by atoms with E-state index >= 15 is 0 Å². The van der Waals surface area contributed by atoms with E-state index in [1.165, 1.54) is 5.56 Å². The van der Waals surface area contributed by atoms with Gasteiger partial charge in [0.2, 0.25) is 0 Å². The van der Waals surface area contributed by atoms with E-state index in [0.717, 1.165) is 23.6 Å². The van der Waals surface area contributed by atoms with Crippen LogP contribution in [0.4, 0.5) is 11.4 Å². The highest BCUT2D eigenvalue weighted by atomic mass is 16.3. The predicted octanol–water partition coefficient (Wildman–Crippen LogP) is 3.99. The van der Waals surface area contributed by atoms with Crippen LogP contribution in [0.15, 0.2) is 42.6 Å². The standard InChI is InChI=1S/C17H22N2O/c1-4-17(20)16-11-10-15(12-18-16)19(5-2)14-8-6-13(3)7-9-14/h6-12,17,20H,4-5H2,1-3H3/t17-/m1/s1. The molecule has 3 nitrogen and oxygen atoms in total. The van der Waals surface area contributed by atoms with Crippen LogP contribution < -0.4 is 4.90 Å². The Morgan fingerprint density at radius 3 is 2.20 bits per heavy atom. The number of rotatable bonds is 5. The van der Waals surface area contributed by atoms with Crippen LogP contribution in [0, 0.1) is 6.92 Å². The topological polar surface area (TPSA) is 36.4 Å². The molecule has 0 radical (unpaired) electrons. The number of anilines is 2. The molecule has 0 saturated heterocycles. The van der Waals surface area contributed by atoms with E-state index in [1.807, 2.05) is 25.3 Å². The van der Waals surface area contributed by atoms with E-state index in [9.17, 15) is 5.11 Å². The van der Waals surface area contributed by atoms with Crippen LogP contribution >= 0.6 is 0 Å². The third-order valence-corrected chi connectivity index (χ3v) is 3.47. The number of aliphatic hydroxyl groups is 1. The van der Waals surface area contributed by atoms with Gasteiger partial charge in [0.25, 0.3) is 0 Å². The summed E-state index contributed by atoms with van der Waals surface area (Å²) in [5, 5.41) is 9.79. The Bertz CT molecular complexity index is 534. The van der Waals surface area contributed by atoms with E-state index in [0.29, 0.717) is 6.42 Å². The van der Waals surface area contributed by atoms with Gasteiger partial charge in [-0.15, -0.1) is 0 Å². The zero-order valence-corrected chi connectivity index (χ0v) is 12.4. The van der Waals surface area contributed by atoms with Gasteiger partial charge < -0.3 is 10.0 Å². The van der Waals surface area contributed by atoms with E-state index in [-0.39, 0.29) is 0 Å². The Hall–Kier alpha value is -1.87. The minimum absolute atomic E-state index is 0.474. The average Bonchev–Trinajstić information content (AvgIpc) is 2.50. The van der Waals surface area contributed by atoms with Gasteiger partial charge in [0.05, 0.1) is 23.7 Å². The lowest BCUT2D eigenvalue weighted by Crippen LogP contribution is -2.16. The molecule has 0 spiro atoms. The Balaban J connectivity index is 2.25. The Kier molecular flexibility index (Phi) is 4.74. The summed E-state index contributed by atoms with van der Waals surface area (Å²) < 4.78 is 0. The molecule has 2 rings (SSSR count). The first-order chi connectivity index (χ1) is 9.65. The van der Waals surface area contributed by atoms with Crippen molar-refractivity contribution in [3.8, 4) is 0 Å². The van der Waals surface area contributed by atoms with Crippen molar-refractivity contribution in [3.63, 3.8) is 0 Å². The molecule has 0 saturated carbocycles. The van der Waals surface area contributed by atoms with E-state index in [1.54, 1.807) is 0 Å². The number of aliphatic hydroxyl groups excluding tert-OH is 1. The van der Waals surface area contributed by atoms with Crippen molar-refractivity contribution in [3.05, 3.63) is 53.9 Å². The summed E-state index contributed by atoms with van der Waals surface area (Å²) in [6.07, 6.45) is 2.04. The van der Waals surface area contributed by atoms with Crippen LogP contribution in [0.5, 0.6) is 0 Å². The molecule has 106 valence electrons. The first-order valence-electron chi connectivity index (χ1n) is 7.14. The van der Waals surface area contributed by atoms with Crippen LogP contribution in [0.1, 0.15) is 37.6 Å². The van der Waals surface area contributed by atoms with Crippen molar-refractivity contribution in [2.24, 2.45) is 0 Å². The van der Waals surface area contributed by atoms with Gasteiger partial charge in [0.1, 0.15) is 0 Å². The molecule has 1 heterocycles. The summed E-state index contributed by atoms with van der Waals surface area (Å²) in [7, 11) is 0. The fourth-order valence-corrected chi connectivity index (χ4v) is 2.20. The molecule has 1 aromatic carbocycles. The van der Waals surface area contributed by atoms with E-state index in [4.69, 9.17) is 0 Å². The fourth-order valence-electron chi connectivity index (χ4n) is 2.20. The molecule has 0 aliphatic rings. The zero-order valence-electron chi connectivity index (χ0n) is 12.4. The molecular formula is C17H22N2O. The second kappa shape index (κ2) is 6.53. The quantitative estimate of drug-likeness (QED) is 0.892. The summed E-state index contributed by atoms with van der Waals surface area (Å²) in [5.41, 5.74) is 4.19. The molecule has 0 fully saturated rings. The minimum atomic E-state index is -0.474. The van der Waals surface area contributed by atoms with E-state index < -0.39 is 6.10 Å². The van der Waals surface area contributed by atoms with Gasteiger partial charge in [-0.3, -0.25) is 4.98 Å². The molecule has 3 heteroatoms. The molecule has 0 unspecified atom stereocenters. The average molecular weight is 270 g/mol. The maximum Gasteiger partial charge on any atom is 0.0957 e.